The summed E-state index contributed by atoms with van der Waals surface area (Å²) in [5.74, 6) is 0.415. The molecule has 0 aromatic heterocycles. The molecule has 0 saturated carbocycles. The van der Waals surface area contributed by atoms with E-state index in [0.717, 1.165) is 18.4 Å². The molecule has 0 radical (unpaired) electrons. The Hall–Kier alpha value is -0.560. The van der Waals surface area contributed by atoms with Gasteiger partial charge in [-0.15, -0.1) is 0 Å². The number of allylic oxidation sites excluding steroid dienone is 2. The van der Waals surface area contributed by atoms with Crippen molar-refractivity contribution in [1.82, 2.24) is 0 Å². The van der Waals surface area contributed by atoms with Gasteiger partial charge in [0.15, 0.2) is 0 Å². The van der Waals surface area contributed by atoms with Crippen LogP contribution in [0.3, 0.4) is 0 Å². The van der Waals surface area contributed by atoms with Crippen molar-refractivity contribution >= 4 is 0 Å². The van der Waals surface area contributed by atoms with Crippen LogP contribution in [0, 0.1) is 5.92 Å². The fourth-order valence-electron chi connectivity index (χ4n) is 1.62. The van der Waals surface area contributed by atoms with Gasteiger partial charge in [0, 0.05) is 0 Å². The quantitative estimate of drug-likeness (QED) is 0.611. The minimum Gasteiger partial charge on any atom is -0.388 e. The number of hydrogen-bond donors (Lipinski definition) is 1. The second-order valence-electron chi connectivity index (χ2n) is 3.37. The summed E-state index contributed by atoms with van der Waals surface area (Å²) in [6.45, 7) is 7.81. The SMILES string of the molecule is C=CC1=C(C)C(O)C(C)CC1. The van der Waals surface area contributed by atoms with Crippen LogP contribution in [0.4, 0.5) is 0 Å². The molecule has 0 amide bonds. The Labute approximate surface area is 68.4 Å². The van der Waals surface area contributed by atoms with Crippen molar-refractivity contribution in [3.05, 3.63) is 23.8 Å². The number of aliphatic hydroxyl groups is 1. The van der Waals surface area contributed by atoms with Gasteiger partial charge in [0.1, 0.15) is 0 Å². The first-order chi connectivity index (χ1) is 5.16. The topological polar surface area (TPSA) is 20.2 Å². The maximum atomic E-state index is 9.64. The summed E-state index contributed by atoms with van der Waals surface area (Å²) in [7, 11) is 0. The molecule has 0 aliphatic heterocycles. The number of hydrogen-bond acceptors (Lipinski definition) is 1. The zero-order valence-electron chi connectivity index (χ0n) is 7.30. The fraction of sp³-hybridized carbons (Fsp3) is 0.600. The van der Waals surface area contributed by atoms with Crippen LogP contribution >= 0.6 is 0 Å². The monoisotopic (exact) mass is 152 g/mol. The third kappa shape index (κ3) is 1.54. The van der Waals surface area contributed by atoms with Gasteiger partial charge in [-0.05, 0) is 36.8 Å². The van der Waals surface area contributed by atoms with Crippen LogP contribution < -0.4 is 0 Å². The van der Waals surface area contributed by atoms with Gasteiger partial charge in [-0.2, -0.15) is 0 Å². The Kier molecular flexibility index (Phi) is 2.50. The van der Waals surface area contributed by atoms with E-state index in [1.165, 1.54) is 5.57 Å². The lowest BCUT2D eigenvalue weighted by atomic mass is 9.83. The molecule has 0 fully saturated rings. The highest BCUT2D eigenvalue weighted by atomic mass is 16.3. The van der Waals surface area contributed by atoms with Gasteiger partial charge in [-0.1, -0.05) is 19.6 Å². The Bertz CT molecular complexity index is 191. The Morgan fingerprint density at radius 1 is 1.64 bits per heavy atom. The van der Waals surface area contributed by atoms with E-state index < -0.39 is 0 Å². The van der Waals surface area contributed by atoms with Crippen molar-refractivity contribution in [2.24, 2.45) is 5.92 Å². The summed E-state index contributed by atoms with van der Waals surface area (Å²) in [6, 6.07) is 0. The van der Waals surface area contributed by atoms with Gasteiger partial charge >= 0.3 is 0 Å². The molecule has 1 aliphatic rings. The van der Waals surface area contributed by atoms with Crippen molar-refractivity contribution in [2.45, 2.75) is 32.8 Å². The van der Waals surface area contributed by atoms with Crippen LogP contribution in [0.5, 0.6) is 0 Å². The second kappa shape index (κ2) is 3.22. The van der Waals surface area contributed by atoms with E-state index in [1.54, 1.807) is 0 Å². The molecule has 0 heterocycles. The predicted octanol–water partition coefficient (Wildman–Crippen LogP) is 2.28. The van der Waals surface area contributed by atoms with E-state index >= 15 is 0 Å². The molecular weight excluding hydrogens is 136 g/mol. The van der Waals surface area contributed by atoms with E-state index in [2.05, 4.69) is 13.5 Å². The van der Waals surface area contributed by atoms with Gasteiger partial charge < -0.3 is 5.11 Å². The summed E-state index contributed by atoms with van der Waals surface area (Å²) in [6.07, 6.45) is 3.79. The third-order valence-electron chi connectivity index (χ3n) is 2.60. The summed E-state index contributed by atoms with van der Waals surface area (Å²) >= 11 is 0. The molecule has 2 unspecified atom stereocenters. The molecule has 2 atom stereocenters. The molecule has 1 aliphatic carbocycles. The Morgan fingerprint density at radius 3 is 2.82 bits per heavy atom. The molecule has 11 heavy (non-hydrogen) atoms. The second-order valence-corrected chi connectivity index (χ2v) is 3.37. The van der Waals surface area contributed by atoms with E-state index in [-0.39, 0.29) is 6.10 Å². The first kappa shape index (κ1) is 8.54. The zero-order chi connectivity index (χ0) is 8.43. The molecular formula is C10H16O. The highest BCUT2D eigenvalue weighted by Gasteiger charge is 2.22. The zero-order valence-corrected chi connectivity index (χ0v) is 7.30. The number of rotatable bonds is 1. The summed E-state index contributed by atoms with van der Waals surface area (Å²) in [5, 5.41) is 9.64. The summed E-state index contributed by atoms with van der Waals surface area (Å²) in [4.78, 5) is 0. The number of aliphatic hydroxyl groups excluding tert-OH is 1. The van der Waals surface area contributed by atoms with Crippen molar-refractivity contribution in [3.8, 4) is 0 Å². The van der Waals surface area contributed by atoms with Crippen LogP contribution in [0.2, 0.25) is 0 Å². The van der Waals surface area contributed by atoms with Crippen LogP contribution in [0.15, 0.2) is 23.8 Å². The molecule has 1 rings (SSSR count). The predicted molar refractivity (Wildman–Crippen MR) is 47.3 cm³/mol. The maximum absolute atomic E-state index is 9.64. The smallest absolute Gasteiger partial charge is 0.0778 e. The molecule has 1 N–H and O–H groups in total. The van der Waals surface area contributed by atoms with Crippen LogP contribution in [-0.2, 0) is 0 Å². The van der Waals surface area contributed by atoms with Crippen LogP contribution in [-0.4, -0.2) is 11.2 Å². The summed E-state index contributed by atoms with van der Waals surface area (Å²) in [5.41, 5.74) is 2.34. The van der Waals surface area contributed by atoms with Gasteiger partial charge in [-0.25, -0.2) is 0 Å². The van der Waals surface area contributed by atoms with Crippen molar-refractivity contribution < 1.29 is 5.11 Å². The van der Waals surface area contributed by atoms with Gasteiger partial charge in [0.2, 0.25) is 0 Å². The first-order valence-corrected chi connectivity index (χ1v) is 4.17. The first-order valence-electron chi connectivity index (χ1n) is 4.17. The Morgan fingerprint density at radius 2 is 2.27 bits per heavy atom. The van der Waals surface area contributed by atoms with E-state index in [1.807, 2.05) is 13.0 Å². The molecule has 0 aromatic carbocycles. The highest BCUT2D eigenvalue weighted by molar-refractivity contribution is 5.28. The average molecular weight is 152 g/mol. The minimum absolute atomic E-state index is 0.239. The molecule has 0 bridgehead atoms. The Balaban J connectivity index is 2.86. The molecule has 0 saturated heterocycles. The van der Waals surface area contributed by atoms with Gasteiger partial charge in [0.05, 0.1) is 6.10 Å². The van der Waals surface area contributed by atoms with Crippen molar-refractivity contribution in [2.75, 3.05) is 0 Å². The minimum atomic E-state index is -0.239. The summed E-state index contributed by atoms with van der Waals surface area (Å²) < 4.78 is 0. The molecule has 1 heteroatoms. The average Bonchev–Trinajstić information content (AvgIpc) is 2.01. The fourth-order valence-corrected chi connectivity index (χ4v) is 1.62. The largest absolute Gasteiger partial charge is 0.388 e. The normalized spacial score (nSPS) is 32.3. The van der Waals surface area contributed by atoms with Gasteiger partial charge in [-0.3, -0.25) is 0 Å². The van der Waals surface area contributed by atoms with Crippen LogP contribution in [0.1, 0.15) is 26.7 Å². The van der Waals surface area contributed by atoms with E-state index in [4.69, 9.17) is 0 Å². The van der Waals surface area contributed by atoms with Gasteiger partial charge in [0.25, 0.3) is 0 Å². The van der Waals surface area contributed by atoms with E-state index in [0.29, 0.717) is 5.92 Å². The lowest BCUT2D eigenvalue weighted by molar-refractivity contribution is 0.137. The molecule has 0 aromatic rings. The van der Waals surface area contributed by atoms with Crippen molar-refractivity contribution in [1.29, 1.82) is 0 Å². The highest BCUT2D eigenvalue weighted by Crippen LogP contribution is 2.29. The van der Waals surface area contributed by atoms with E-state index in [9.17, 15) is 5.11 Å². The van der Waals surface area contributed by atoms with Crippen LogP contribution in [0.25, 0.3) is 0 Å². The lowest BCUT2D eigenvalue weighted by Crippen LogP contribution is -2.23. The standard InChI is InChI=1S/C10H16O/c1-4-9-6-5-7(2)10(11)8(9)3/h4,7,10-11H,1,5-6H2,2-3H3. The molecule has 1 nitrogen and oxygen atoms in total. The third-order valence-corrected chi connectivity index (χ3v) is 2.60. The molecule has 62 valence electrons. The maximum Gasteiger partial charge on any atom is 0.0778 e. The van der Waals surface area contributed by atoms with Crippen molar-refractivity contribution in [3.63, 3.8) is 0 Å². The molecule has 0 spiro atoms. The lowest BCUT2D eigenvalue weighted by Gasteiger charge is -2.27.